The van der Waals surface area contributed by atoms with Crippen LogP contribution in [0.5, 0.6) is 0 Å². The number of halogens is 2. The van der Waals surface area contributed by atoms with Crippen LogP contribution in [0.2, 0.25) is 10.0 Å². The molecule has 0 radical (unpaired) electrons. The van der Waals surface area contributed by atoms with E-state index >= 15 is 0 Å². The Morgan fingerprint density at radius 1 is 1.24 bits per heavy atom. The monoisotopic (exact) mass is 274 g/mol. The Morgan fingerprint density at radius 2 is 1.71 bits per heavy atom. The maximum atomic E-state index is 11.8. The zero-order chi connectivity index (χ0) is 13.2. The van der Waals surface area contributed by atoms with Crippen molar-refractivity contribution in [3.8, 4) is 0 Å². The van der Waals surface area contributed by atoms with Gasteiger partial charge in [-0.2, -0.15) is 0 Å². The van der Waals surface area contributed by atoms with Crippen LogP contribution in [0.3, 0.4) is 0 Å². The second-order valence-electron chi connectivity index (χ2n) is 4.93. The number of benzene rings is 1. The lowest BCUT2D eigenvalue weighted by Crippen LogP contribution is -2.24. The molecule has 1 atom stereocenters. The van der Waals surface area contributed by atoms with Gasteiger partial charge in [-0.3, -0.25) is 4.79 Å². The summed E-state index contributed by atoms with van der Waals surface area (Å²) in [6.45, 7) is 7.17. The predicted octanol–water partition coefficient (Wildman–Crippen LogP) is 4.64. The van der Waals surface area contributed by atoms with Crippen molar-refractivity contribution in [2.45, 2.75) is 33.8 Å². The largest absolute Gasteiger partial charge is 0.457 e. The highest BCUT2D eigenvalue weighted by Gasteiger charge is 2.26. The van der Waals surface area contributed by atoms with Gasteiger partial charge in [0.1, 0.15) is 6.10 Å². The summed E-state index contributed by atoms with van der Waals surface area (Å²) >= 11 is 12.1. The fraction of sp³-hybridized carbons (Fsp3) is 0.462. The molecule has 1 aromatic rings. The number of hydrogen-bond acceptors (Lipinski definition) is 2. The molecule has 0 aliphatic carbocycles. The molecular formula is C13H16Cl2O2. The third kappa shape index (κ3) is 3.62. The molecule has 0 spiro atoms. The van der Waals surface area contributed by atoms with Crippen LogP contribution in [0.4, 0.5) is 0 Å². The number of ether oxygens (including phenoxy) is 1. The zero-order valence-electron chi connectivity index (χ0n) is 10.4. The lowest BCUT2D eigenvalue weighted by Gasteiger charge is -2.22. The van der Waals surface area contributed by atoms with E-state index in [2.05, 4.69) is 0 Å². The van der Waals surface area contributed by atoms with Crippen LogP contribution in [-0.2, 0) is 9.53 Å². The Labute approximate surface area is 112 Å². The van der Waals surface area contributed by atoms with Crippen LogP contribution in [0.25, 0.3) is 0 Å². The van der Waals surface area contributed by atoms with Crippen LogP contribution in [-0.4, -0.2) is 5.97 Å². The van der Waals surface area contributed by atoms with E-state index < -0.39 is 11.5 Å². The first-order chi connectivity index (χ1) is 7.73. The molecule has 94 valence electrons. The molecule has 0 aromatic heterocycles. The van der Waals surface area contributed by atoms with Gasteiger partial charge in [0.15, 0.2) is 0 Å². The third-order valence-electron chi connectivity index (χ3n) is 2.30. The van der Waals surface area contributed by atoms with E-state index in [0.29, 0.717) is 15.6 Å². The van der Waals surface area contributed by atoms with Crippen LogP contribution < -0.4 is 0 Å². The smallest absolute Gasteiger partial charge is 0.311 e. The van der Waals surface area contributed by atoms with E-state index in [1.165, 1.54) is 0 Å². The summed E-state index contributed by atoms with van der Waals surface area (Å²) in [4.78, 5) is 11.8. The molecule has 0 bridgehead atoms. The van der Waals surface area contributed by atoms with Gasteiger partial charge in [0.05, 0.1) is 5.41 Å². The van der Waals surface area contributed by atoms with Crippen molar-refractivity contribution >= 4 is 29.2 Å². The molecule has 4 heteroatoms. The van der Waals surface area contributed by atoms with Crippen LogP contribution >= 0.6 is 23.2 Å². The van der Waals surface area contributed by atoms with Gasteiger partial charge in [0.25, 0.3) is 0 Å². The molecule has 0 aliphatic rings. The van der Waals surface area contributed by atoms with Gasteiger partial charge in [-0.25, -0.2) is 0 Å². The van der Waals surface area contributed by atoms with Gasteiger partial charge in [-0.05, 0) is 39.8 Å². The molecule has 1 aromatic carbocycles. The molecule has 0 N–H and O–H groups in total. The van der Waals surface area contributed by atoms with Crippen molar-refractivity contribution in [1.29, 1.82) is 0 Å². The van der Waals surface area contributed by atoms with E-state index in [1.807, 2.05) is 0 Å². The molecule has 0 heterocycles. The average molecular weight is 275 g/mol. The molecular weight excluding hydrogens is 259 g/mol. The fourth-order valence-electron chi connectivity index (χ4n) is 1.30. The molecule has 0 unspecified atom stereocenters. The lowest BCUT2D eigenvalue weighted by atomic mass is 9.97. The first kappa shape index (κ1) is 14.3. The number of carbonyl (C=O) groups is 1. The summed E-state index contributed by atoms with van der Waals surface area (Å²) in [5.74, 6) is -0.277. The highest BCUT2D eigenvalue weighted by atomic mass is 35.5. The molecule has 0 amide bonds. The second kappa shape index (κ2) is 5.28. The minimum atomic E-state index is -0.540. The Hall–Kier alpha value is -0.730. The molecule has 0 saturated carbocycles. The molecule has 1 rings (SSSR count). The molecule has 0 aliphatic heterocycles. The number of carbonyl (C=O) groups excluding carboxylic acids is 1. The minimum absolute atomic E-state index is 0.277. The minimum Gasteiger partial charge on any atom is -0.457 e. The summed E-state index contributed by atoms with van der Waals surface area (Å²) in [6.07, 6.45) is -0.456. The van der Waals surface area contributed by atoms with E-state index in [-0.39, 0.29) is 5.97 Å². The van der Waals surface area contributed by atoms with Crippen molar-refractivity contribution in [2.24, 2.45) is 5.41 Å². The SMILES string of the molecule is C[C@H](OC(=O)C(C)(C)C)c1c(Cl)cccc1Cl. The third-order valence-corrected chi connectivity index (χ3v) is 2.96. The van der Waals surface area contributed by atoms with E-state index in [0.717, 1.165) is 0 Å². The highest BCUT2D eigenvalue weighted by molar-refractivity contribution is 6.36. The van der Waals surface area contributed by atoms with Gasteiger partial charge >= 0.3 is 5.97 Å². The Balaban J connectivity index is 2.91. The van der Waals surface area contributed by atoms with E-state index in [4.69, 9.17) is 27.9 Å². The van der Waals surface area contributed by atoms with E-state index in [1.54, 1.807) is 45.9 Å². The van der Waals surface area contributed by atoms with Crippen molar-refractivity contribution < 1.29 is 9.53 Å². The summed E-state index contributed by atoms with van der Waals surface area (Å²) in [7, 11) is 0. The van der Waals surface area contributed by atoms with Gasteiger partial charge in [-0.1, -0.05) is 29.3 Å². The summed E-state index contributed by atoms with van der Waals surface area (Å²) in [5.41, 5.74) is 0.107. The quantitative estimate of drug-likeness (QED) is 0.735. The van der Waals surface area contributed by atoms with Crippen LogP contribution in [0, 0.1) is 5.41 Å². The maximum Gasteiger partial charge on any atom is 0.311 e. The standard InChI is InChI=1S/C13H16Cl2O2/c1-8(17-12(16)13(2,3)4)11-9(14)6-5-7-10(11)15/h5-8H,1-4H3/t8-/m0/s1. The van der Waals surface area contributed by atoms with Gasteiger partial charge in [-0.15, -0.1) is 0 Å². The Bertz CT molecular complexity index is 402. The second-order valence-corrected chi connectivity index (χ2v) is 5.75. The summed E-state index contributed by atoms with van der Waals surface area (Å²) < 4.78 is 5.35. The van der Waals surface area contributed by atoms with Crippen molar-refractivity contribution in [3.63, 3.8) is 0 Å². The highest BCUT2D eigenvalue weighted by Crippen LogP contribution is 2.33. The predicted molar refractivity (Wildman–Crippen MR) is 70.4 cm³/mol. The number of esters is 1. The number of hydrogen-bond donors (Lipinski definition) is 0. The molecule has 0 saturated heterocycles. The topological polar surface area (TPSA) is 26.3 Å². The summed E-state index contributed by atoms with van der Waals surface area (Å²) in [6, 6.07) is 5.21. The molecule has 0 fully saturated rings. The summed E-state index contributed by atoms with van der Waals surface area (Å²) in [5, 5.41) is 1.01. The zero-order valence-corrected chi connectivity index (χ0v) is 11.9. The van der Waals surface area contributed by atoms with Crippen LogP contribution in [0.1, 0.15) is 39.4 Å². The first-order valence-corrected chi connectivity index (χ1v) is 6.14. The first-order valence-electron chi connectivity index (χ1n) is 5.38. The van der Waals surface area contributed by atoms with Crippen molar-refractivity contribution in [3.05, 3.63) is 33.8 Å². The molecule has 17 heavy (non-hydrogen) atoms. The van der Waals surface area contributed by atoms with Crippen LogP contribution in [0.15, 0.2) is 18.2 Å². The van der Waals surface area contributed by atoms with Gasteiger partial charge in [0, 0.05) is 15.6 Å². The normalized spacial score (nSPS) is 13.3. The Kier molecular flexibility index (Phi) is 4.45. The van der Waals surface area contributed by atoms with Gasteiger partial charge in [0.2, 0.25) is 0 Å². The van der Waals surface area contributed by atoms with Crippen molar-refractivity contribution in [2.75, 3.05) is 0 Å². The van der Waals surface area contributed by atoms with Gasteiger partial charge < -0.3 is 4.74 Å². The average Bonchev–Trinajstić information content (AvgIpc) is 2.15. The lowest BCUT2D eigenvalue weighted by molar-refractivity contribution is -0.158. The number of rotatable bonds is 2. The fourth-order valence-corrected chi connectivity index (χ4v) is 2.00. The van der Waals surface area contributed by atoms with E-state index in [9.17, 15) is 4.79 Å². The Morgan fingerprint density at radius 3 is 2.12 bits per heavy atom. The van der Waals surface area contributed by atoms with Crippen molar-refractivity contribution in [1.82, 2.24) is 0 Å². The maximum absolute atomic E-state index is 11.8. The molecule has 2 nitrogen and oxygen atoms in total.